The molecular formula is C20H23ClFNO3. The lowest BCUT2D eigenvalue weighted by Crippen LogP contribution is -2.64. The van der Waals surface area contributed by atoms with E-state index in [0.29, 0.717) is 18.3 Å². The summed E-state index contributed by atoms with van der Waals surface area (Å²) in [5.74, 6) is 0.0835. The van der Waals surface area contributed by atoms with Crippen LogP contribution in [-0.2, 0) is 20.9 Å². The number of benzene rings is 1. The van der Waals surface area contributed by atoms with Crippen molar-refractivity contribution in [3.8, 4) is 0 Å². The molecule has 140 valence electrons. The molecule has 4 bridgehead atoms. The highest BCUT2D eigenvalue weighted by molar-refractivity contribution is 6.31. The Morgan fingerprint density at radius 2 is 1.96 bits per heavy atom. The minimum absolute atomic E-state index is 0.0476. The van der Waals surface area contributed by atoms with Crippen molar-refractivity contribution < 1.29 is 18.7 Å². The van der Waals surface area contributed by atoms with Crippen molar-refractivity contribution in [1.29, 1.82) is 0 Å². The highest BCUT2D eigenvalue weighted by Crippen LogP contribution is 2.62. The van der Waals surface area contributed by atoms with E-state index in [9.17, 15) is 14.0 Å². The first-order chi connectivity index (χ1) is 12.3. The predicted octanol–water partition coefficient (Wildman–Crippen LogP) is 4.00. The molecule has 6 heteroatoms. The number of ether oxygens (including phenoxy) is 1. The first-order valence-electron chi connectivity index (χ1n) is 9.20. The first-order valence-corrected chi connectivity index (χ1v) is 9.58. The van der Waals surface area contributed by atoms with Crippen LogP contribution >= 0.6 is 11.6 Å². The van der Waals surface area contributed by atoms with Gasteiger partial charge in [0.1, 0.15) is 12.4 Å². The second kappa shape index (κ2) is 6.22. The van der Waals surface area contributed by atoms with Crippen LogP contribution in [0.4, 0.5) is 4.39 Å². The molecule has 4 saturated carbocycles. The van der Waals surface area contributed by atoms with Crippen LogP contribution in [0.2, 0.25) is 5.02 Å². The molecule has 5 rings (SSSR count). The van der Waals surface area contributed by atoms with Crippen molar-refractivity contribution in [2.45, 2.75) is 57.6 Å². The van der Waals surface area contributed by atoms with Gasteiger partial charge in [0.25, 0.3) is 0 Å². The smallest absolute Gasteiger partial charge is 0.312 e. The number of nitrogens with one attached hydrogen (secondary N) is 1. The summed E-state index contributed by atoms with van der Waals surface area (Å²) in [5, 5.41) is 3.39. The van der Waals surface area contributed by atoms with E-state index in [1.807, 2.05) is 0 Å². The molecule has 1 amide bonds. The number of hydrogen-bond donors (Lipinski definition) is 1. The number of carbonyl (C=O) groups is 2. The molecule has 1 aromatic rings. The molecule has 4 aliphatic rings. The Morgan fingerprint density at radius 3 is 2.58 bits per heavy atom. The van der Waals surface area contributed by atoms with Gasteiger partial charge in [-0.3, -0.25) is 9.59 Å². The minimum Gasteiger partial charge on any atom is -0.460 e. The number of halogens is 2. The molecule has 0 spiro atoms. The van der Waals surface area contributed by atoms with Crippen molar-refractivity contribution in [1.82, 2.24) is 5.32 Å². The van der Waals surface area contributed by atoms with E-state index in [4.69, 9.17) is 16.3 Å². The monoisotopic (exact) mass is 379 g/mol. The zero-order valence-electron chi connectivity index (χ0n) is 14.8. The zero-order valence-corrected chi connectivity index (χ0v) is 15.6. The van der Waals surface area contributed by atoms with Crippen molar-refractivity contribution in [3.05, 3.63) is 34.6 Å². The Balaban J connectivity index is 1.53. The summed E-state index contributed by atoms with van der Waals surface area (Å²) >= 11 is 6.03. The van der Waals surface area contributed by atoms with Gasteiger partial charge in [-0.05, 0) is 62.5 Å². The van der Waals surface area contributed by atoms with Gasteiger partial charge in [-0.15, -0.1) is 0 Å². The number of hydrogen-bond acceptors (Lipinski definition) is 3. The number of esters is 1. The maximum Gasteiger partial charge on any atom is 0.312 e. The van der Waals surface area contributed by atoms with Crippen LogP contribution in [0.5, 0.6) is 0 Å². The number of amides is 1. The van der Waals surface area contributed by atoms with Crippen molar-refractivity contribution in [2.24, 2.45) is 17.3 Å². The molecule has 0 saturated heterocycles. The summed E-state index contributed by atoms with van der Waals surface area (Å²) in [6, 6.07) is 4.43. The van der Waals surface area contributed by atoms with Crippen LogP contribution in [0.1, 0.15) is 51.0 Å². The van der Waals surface area contributed by atoms with Gasteiger partial charge in [0.05, 0.1) is 10.4 Å². The normalized spacial score (nSPS) is 34.6. The summed E-state index contributed by atoms with van der Waals surface area (Å²) in [7, 11) is 0. The molecule has 4 fully saturated rings. The quantitative estimate of drug-likeness (QED) is 0.804. The molecule has 2 atom stereocenters. The van der Waals surface area contributed by atoms with E-state index in [0.717, 1.165) is 32.1 Å². The maximum atomic E-state index is 13.9. The Bertz CT molecular complexity index is 731. The lowest BCUT2D eigenvalue weighted by Gasteiger charge is -2.60. The summed E-state index contributed by atoms with van der Waals surface area (Å²) in [6.45, 7) is 1.37. The van der Waals surface area contributed by atoms with Crippen LogP contribution in [0.25, 0.3) is 0 Å². The summed E-state index contributed by atoms with van der Waals surface area (Å²) < 4.78 is 19.5. The van der Waals surface area contributed by atoms with Crippen LogP contribution in [0.3, 0.4) is 0 Å². The highest BCUT2D eigenvalue weighted by Gasteiger charge is 2.61. The fourth-order valence-electron chi connectivity index (χ4n) is 5.98. The van der Waals surface area contributed by atoms with Gasteiger partial charge in [0.2, 0.25) is 5.91 Å². The van der Waals surface area contributed by atoms with Gasteiger partial charge in [-0.2, -0.15) is 0 Å². The van der Waals surface area contributed by atoms with Gasteiger partial charge < -0.3 is 10.1 Å². The fourth-order valence-corrected chi connectivity index (χ4v) is 6.20. The molecule has 1 N–H and O–H groups in total. The van der Waals surface area contributed by atoms with Crippen LogP contribution in [0, 0.1) is 23.1 Å². The zero-order chi connectivity index (χ0) is 18.5. The highest BCUT2D eigenvalue weighted by atomic mass is 35.5. The van der Waals surface area contributed by atoms with E-state index < -0.39 is 11.2 Å². The molecule has 0 aromatic heterocycles. The number of carbonyl (C=O) groups excluding carboxylic acids is 2. The van der Waals surface area contributed by atoms with Gasteiger partial charge in [0.15, 0.2) is 0 Å². The second-order valence-corrected chi connectivity index (χ2v) is 8.89. The summed E-state index contributed by atoms with van der Waals surface area (Å²) in [4.78, 5) is 24.7. The third-order valence-electron chi connectivity index (χ3n) is 6.34. The largest absolute Gasteiger partial charge is 0.460 e. The maximum absolute atomic E-state index is 13.9. The fraction of sp³-hybridized carbons (Fsp3) is 0.600. The average molecular weight is 380 g/mol. The second-order valence-electron chi connectivity index (χ2n) is 8.48. The topological polar surface area (TPSA) is 55.4 Å². The van der Waals surface area contributed by atoms with E-state index >= 15 is 0 Å². The first kappa shape index (κ1) is 17.8. The Hall–Kier alpha value is -1.62. The molecule has 0 radical (unpaired) electrons. The molecule has 4 aliphatic carbocycles. The van der Waals surface area contributed by atoms with E-state index in [-0.39, 0.29) is 34.6 Å². The van der Waals surface area contributed by atoms with E-state index in [1.54, 1.807) is 6.07 Å². The van der Waals surface area contributed by atoms with Crippen molar-refractivity contribution in [2.75, 3.05) is 0 Å². The Kier molecular flexibility index (Phi) is 4.25. The van der Waals surface area contributed by atoms with Gasteiger partial charge >= 0.3 is 5.97 Å². The van der Waals surface area contributed by atoms with E-state index in [2.05, 4.69) is 5.32 Å². The Labute approximate surface area is 157 Å². The third-order valence-corrected chi connectivity index (χ3v) is 6.70. The minimum atomic E-state index is -0.565. The van der Waals surface area contributed by atoms with Gasteiger partial charge in [-0.25, -0.2) is 4.39 Å². The number of rotatable bonds is 4. The molecule has 1 aromatic carbocycles. The molecule has 0 heterocycles. The SMILES string of the molecule is CC(=O)NC12C[C@H]3C[C@H](C1)CC(C(=O)OCc1c(F)cccc1Cl)(C3)C2. The predicted molar refractivity (Wildman–Crippen MR) is 94.9 cm³/mol. The van der Waals surface area contributed by atoms with E-state index in [1.165, 1.54) is 19.1 Å². The van der Waals surface area contributed by atoms with Gasteiger partial charge in [-0.1, -0.05) is 17.7 Å². The molecule has 0 aliphatic heterocycles. The molecule has 0 unspecified atom stereocenters. The van der Waals surface area contributed by atoms with Crippen molar-refractivity contribution in [3.63, 3.8) is 0 Å². The average Bonchev–Trinajstić information content (AvgIpc) is 2.51. The Morgan fingerprint density at radius 1 is 1.27 bits per heavy atom. The van der Waals surface area contributed by atoms with Crippen LogP contribution in [0.15, 0.2) is 18.2 Å². The lowest BCUT2D eigenvalue weighted by atomic mass is 9.47. The summed E-state index contributed by atoms with van der Waals surface area (Å²) in [6.07, 6.45) is 5.23. The van der Waals surface area contributed by atoms with Crippen molar-refractivity contribution >= 4 is 23.5 Å². The lowest BCUT2D eigenvalue weighted by molar-refractivity contribution is -0.177. The molecule has 4 nitrogen and oxygen atoms in total. The third kappa shape index (κ3) is 3.00. The molecular weight excluding hydrogens is 357 g/mol. The van der Waals surface area contributed by atoms with Crippen LogP contribution in [-0.4, -0.2) is 17.4 Å². The van der Waals surface area contributed by atoms with Gasteiger partial charge in [0, 0.05) is 18.0 Å². The molecule has 26 heavy (non-hydrogen) atoms. The summed E-state index contributed by atoms with van der Waals surface area (Å²) in [5.41, 5.74) is -0.640. The standard InChI is InChI=1S/C20H23ClFNO3/c1-12(24)23-20-8-13-5-14(9-20)7-19(6-13,11-20)18(25)26-10-15-16(21)3-2-4-17(15)22/h2-4,13-14H,5-11H2,1H3,(H,23,24)/t13-,14-,19?,20?/m0/s1. The van der Waals surface area contributed by atoms with Crippen LogP contribution < -0.4 is 5.32 Å².